The van der Waals surface area contributed by atoms with Gasteiger partial charge in [0, 0.05) is 0 Å². The van der Waals surface area contributed by atoms with Crippen molar-refractivity contribution in [2.75, 3.05) is 19.4 Å². The number of nitrogens with one attached hydrogen (secondary N) is 2. The van der Waals surface area contributed by atoms with Gasteiger partial charge in [0.05, 0.1) is 24.1 Å². The number of para-hydroxylation sites is 1. The zero-order valence-electron chi connectivity index (χ0n) is 8.51. The van der Waals surface area contributed by atoms with Crippen LogP contribution in [0.4, 0.5) is 5.69 Å². The lowest BCUT2D eigenvalue weighted by molar-refractivity contribution is -0.511. The summed E-state index contributed by atoms with van der Waals surface area (Å²) in [6, 6.07) is 5.28. The van der Waals surface area contributed by atoms with Crippen LogP contribution in [0, 0.1) is 0 Å². The molecule has 6 heteroatoms. The maximum absolute atomic E-state index is 5.99. The van der Waals surface area contributed by atoms with E-state index < -0.39 is 0 Å². The second kappa shape index (κ2) is 5.09. The summed E-state index contributed by atoms with van der Waals surface area (Å²) in [7, 11) is 3.44. The average molecular weight is 248 g/mol. The molecule has 0 bridgehead atoms. The Bertz CT molecular complexity index is 365. The Morgan fingerprint density at radius 1 is 1.33 bits per heavy atom. The van der Waals surface area contributed by atoms with E-state index in [1.54, 1.807) is 32.3 Å². The Hall–Kier alpha value is -1.13. The van der Waals surface area contributed by atoms with E-state index in [0.717, 1.165) is 0 Å². The molecule has 0 spiro atoms. The molecule has 0 saturated carbocycles. The first-order chi connectivity index (χ1) is 7.06. The van der Waals surface area contributed by atoms with Gasteiger partial charge in [-0.1, -0.05) is 29.3 Å². The number of halogens is 2. The number of hydrazine groups is 1. The van der Waals surface area contributed by atoms with Crippen molar-refractivity contribution in [2.24, 2.45) is 5.84 Å². The lowest BCUT2D eigenvalue weighted by Crippen LogP contribution is -2.39. The first kappa shape index (κ1) is 11.9. The maximum atomic E-state index is 5.99. The molecule has 0 saturated heterocycles. The first-order valence-electron chi connectivity index (χ1n) is 4.30. The van der Waals surface area contributed by atoms with Crippen LogP contribution in [0.5, 0.6) is 0 Å². The second-order valence-corrected chi connectivity index (χ2v) is 3.75. The van der Waals surface area contributed by atoms with Gasteiger partial charge in [-0.05, 0) is 12.1 Å². The van der Waals surface area contributed by atoms with Crippen LogP contribution >= 0.6 is 23.2 Å². The van der Waals surface area contributed by atoms with Gasteiger partial charge in [-0.3, -0.25) is 11.2 Å². The SMILES string of the molecule is CNC(Nc1c(Cl)cccc1Cl)=[N+](C)N. The third kappa shape index (κ3) is 2.91. The van der Waals surface area contributed by atoms with Gasteiger partial charge in [-0.2, -0.15) is 4.68 Å². The summed E-state index contributed by atoms with van der Waals surface area (Å²) < 4.78 is 1.40. The van der Waals surface area contributed by atoms with E-state index in [9.17, 15) is 0 Å². The normalized spacial score (nSPS) is 12.0. The Labute approximate surface area is 98.6 Å². The Morgan fingerprint density at radius 3 is 2.27 bits per heavy atom. The molecular weight excluding hydrogens is 235 g/mol. The minimum atomic E-state index is 0.539. The average Bonchev–Trinajstić information content (AvgIpc) is 2.17. The van der Waals surface area contributed by atoms with Gasteiger partial charge in [0.15, 0.2) is 0 Å². The van der Waals surface area contributed by atoms with Crippen molar-refractivity contribution in [1.29, 1.82) is 0 Å². The summed E-state index contributed by atoms with van der Waals surface area (Å²) in [5, 5.41) is 6.98. The number of guanidine groups is 1. The molecule has 0 aliphatic carbocycles. The summed E-state index contributed by atoms with van der Waals surface area (Å²) >= 11 is 12.0. The van der Waals surface area contributed by atoms with Crippen molar-refractivity contribution in [1.82, 2.24) is 5.32 Å². The van der Waals surface area contributed by atoms with Crippen LogP contribution in [0.1, 0.15) is 0 Å². The third-order valence-electron chi connectivity index (χ3n) is 1.80. The van der Waals surface area contributed by atoms with E-state index in [2.05, 4.69) is 10.6 Å². The molecule has 0 unspecified atom stereocenters. The van der Waals surface area contributed by atoms with E-state index in [-0.39, 0.29) is 0 Å². The van der Waals surface area contributed by atoms with E-state index in [1.165, 1.54) is 4.68 Å². The molecule has 1 rings (SSSR count). The highest BCUT2D eigenvalue weighted by atomic mass is 35.5. The molecule has 82 valence electrons. The zero-order valence-corrected chi connectivity index (χ0v) is 10.0. The zero-order chi connectivity index (χ0) is 11.4. The topological polar surface area (TPSA) is 53.1 Å². The quantitative estimate of drug-likeness (QED) is 0.232. The number of hydrogen-bond acceptors (Lipinski definition) is 1. The Balaban J connectivity index is 3.04. The Morgan fingerprint density at radius 2 is 1.87 bits per heavy atom. The molecule has 1 aromatic carbocycles. The van der Waals surface area contributed by atoms with Crippen LogP contribution in [-0.4, -0.2) is 24.7 Å². The highest BCUT2D eigenvalue weighted by Gasteiger charge is 2.13. The highest BCUT2D eigenvalue weighted by molar-refractivity contribution is 6.39. The van der Waals surface area contributed by atoms with Crippen LogP contribution in [0.15, 0.2) is 18.2 Å². The molecule has 0 aromatic heterocycles. The van der Waals surface area contributed by atoms with Gasteiger partial charge in [-0.15, -0.1) is 0 Å². The monoisotopic (exact) mass is 247 g/mol. The smallest absolute Gasteiger partial charge is 0.294 e. The summed E-state index contributed by atoms with van der Waals surface area (Å²) in [6.07, 6.45) is 0. The highest BCUT2D eigenvalue weighted by Crippen LogP contribution is 2.29. The van der Waals surface area contributed by atoms with Crippen molar-refractivity contribution < 1.29 is 4.68 Å². The molecule has 0 atom stereocenters. The molecule has 0 amide bonds. The first-order valence-corrected chi connectivity index (χ1v) is 5.06. The number of hydrogen-bond donors (Lipinski definition) is 3. The van der Waals surface area contributed by atoms with Gasteiger partial charge < -0.3 is 0 Å². The summed E-state index contributed by atoms with van der Waals surface area (Å²) in [6.45, 7) is 0. The number of benzene rings is 1. The van der Waals surface area contributed by atoms with E-state index >= 15 is 0 Å². The third-order valence-corrected chi connectivity index (χ3v) is 2.43. The van der Waals surface area contributed by atoms with Crippen molar-refractivity contribution in [3.05, 3.63) is 28.2 Å². The Kier molecular flexibility index (Phi) is 4.05. The minimum Gasteiger partial charge on any atom is -0.294 e. The van der Waals surface area contributed by atoms with Crippen LogP contribution in [-0.2, 0) is 0 Å². The number of rotatable bonds is 1. The molecule has 0 aliphatic rings. The standard InChI is InChI=1S/C9H12Cl2N4/c1-13-9(15(2)12)14-8-6(10)4-3-5-7(8)11/h3-5H,12H2,1-2H3,(H,13,14)/p+1. The van der Waals surface area contributed by atoms with E-state index in [0.29, 0.717) is 21.7 Å². The summed E-state index contributed by atoms with van der Waals surface area (Å²) in [4.78, 5) is 0. The maximum Gasteiger partial charge on any atom is 0.371 e. The fourth-order valence-electron chi connectivity index (χ4n) is 1.06. The van der Waals surface area contributed by atoms with Crippen molar-refractivity contribution in [3.63, 3.8) is 0 Å². The molecule has 4 nitrogen and oxygen atoms in total. The fourth-order valence-corrected chi connectivity index (χ4v) is 1.55. The van der Waals surface area contributed by atoms with Crippen molar-refractivity contribution in [3.8, 4) is 0 Å². The van der Waals surface area contributed by atoms with E-state index in [1.807, 2.05) is 0 Å². The molecule has 0 fully saturated rings. The summed E-state index contributed by atoms with van der Waals surface area (Å²) in [5.41, 5.74) is 0.627. The minimum absolute atomic E-state index is 0.539. The molecule has 1 aromatic rings. The van der Waals surface area contributed by atoms with Crippen molar-refractivity contribution in [2.45, 2.75) is 0 Å². The van der Waals surface area contributed by atoms with Gasteiger partial charge >= 0.3 is 5.96 Å². The number of nitrogens with two attached hydrogens (primary N) is 1. The lowest BCUT2D eigenvalue weighted by atomic mass is 10.3. The second-order valence-electron chi connectivity index (χ2n) is 2.93. The van der Waals surface area contributed by atoms with Crippen LogP contribution in [0.25, 0.3) is 0 Å². The predicted octanol–water partition coefficient (Wildman–Crippen LogP) is 1.50. The predicted molar refractivity (Wildman–Crippen MR) is 64.5 cm³/mol. The van der Waals surface area contributed by atoms with Crippen molar-refractivity contribution >= 4 is 34.8 Å². The fraction of sp³-hybridized carbons (Fsp3) is 0.222. The lowest BCUT2D eigenvalue weighted by Gasteiger charge is -2.07. The number of nitrogens with zero attached hydrogens (tertiary/aromatic N) is 1. The number of hydrazone groups is 1. The van der Waals surface area contributed by atoms with Crippen LogP contribution in [0.3, 0.4) is 0 Å². The molecule has 0 aliphatic heterocycles. The van der Waals surface area contributed by atoms with E-state index in [4.69, 9.17) is 29.0 Å². The molecule has 0 heterocycles. The van der Waals surface area contributed by atoms with Gasteiger partial charge in [0.25, 0.3) is 0 Å². The summed E-state index contributed by atoms with van der Waals surface area (Å²) in [5.74, 6) is 6.18. The largest absolute Gasteiger partial charge is 0.371 e. The van der Waals surface area contributed by atoms with Gasteiger partial charge in [0.1, 0.15) is 5.69 Å². The van der Waals surface area contributed by atoms with Gasteiger partial charge in [0.2, 0.25) is 0 Å². The van der Waals surface area contributed by atoms with Crippen LogP contribution in [0.2, 0.25) is 10.0 Å². The molecule has 15 heavy (non-hydrogen) atoms. The molecular formula is C9H13Cl2N4+. The van der Waals surface area contributed by atoms with Crippen LogP contribution < -0.4 is 16.5 Å². The molecule has 0 radical (unpaired) electrons. The van der Waals surface area contributed by atoms with Gasteiger partial charge in [-0.25, -0.2) is 5.32 Å². The number of anilines is 1. The molecule has 4 N–H and O–H groups in total.